The van der Waals surface area contributed by atoms with E-state index < -0.39 is 17.1 Å². The predicted octanol–water partition coefficient (Wildman–Crippen LogP) is 2.88. The van der Waals surface area contributed by atoms with Crippen LogP contribution in [0.1, 0.15) is 56.5 Å². The molecule has 7 rings (SSSR count). The van der Waals surface area contributed by atoms with E-state index in [9.17, 15) is 15.0 Å². The number of H-pyrrole nitrogens is 1. The van der Waals surface area contributed by atoms with Crippen molar-refractivity contribution in [3.63, 3.8) is 0 Å². The zero-order valence-electron chi connectivity index (χ0n) is 19.9. The summed E-state index contributed by atoms with van der Waals surface area (Å²) in [6.07, 6.45) is 1.39. The van der Waals surface area contributed by atoms with E-state index in [0.717, 1.165) is 46.5 Å². The third-order valence-corrected chi connectivity index (χ3v) is 9.12. The number of benzene rings is 2. The first-order chi connectivity index (χ1) is 16.8. The quantitative estimate of drug-likeness (QED) is 0.471. The van der Waals surface area contributed by atoms with Crippen molar-refractivity contribution in [2.45, 2.75) is 55.9 Å². The Morgan fingerprint density at radius 2 is 2.06 bits per heavy atom. The minimum atomic E-state index is -1.06. The fraction of sp³-hybridized carbons (Fsp3) is 0.393. The molecule has 1 aromatic heterocycles. The largest absolute Gasteiger partial charge is 0.504 e. The number of likely N-dealkylation sites (tertiary alicyclic amines) is 1. The summed E-state index contributed by atoms with van der Waals surface area (Å²) in [5, 5.41) is 26.3. The minimum absolute atomic E-state index is 0.0665. The first-order valence-corrected chi connectivity index (χ1v) is 12.3. The first kappa shape index (κ1) is 21.0. The molecule has 4 unspecified atom stereocenters. The van der Waals surface area contributed by atoms with Crippen LogP contribution in [0, 0.1) is 6.92 Å². The van der Waals surface area contributed by atoms with Crippen molar-refractivity contribution in [2.75, 3.05) is 13.6 Å². The van der Waals surface area contributed by atoms with Gasteiger partial charge in [-0.3, -0.25) is 4.79 Å². The number of amides is 1. The van der Waals surface area contributed by atoms with Crippen LogP contribution in [0.5, 0.6) is 11.5 Å². The lowest BCUT2D eigenvalue weighted by atomic mass is 9.49. The molecule has 7 heteroatoms. The van der Waals surface area contributed by atoms with E-state index in [1.54, 1.807) is 6.07 Å². The number of rotatable bonds is 3. The van der Waals surface area contributed by atoms with Crippen LogP contribution in [0.2, 0.25) is 0 Å². The molecule has 4 N–H and O–H groups in total. The SMILES string of the molecule is Cc1c(C(=O)NCc2ccccc2)[nH]c2c1CC1(O)C3Cc4ccc(O)c5c4C1(CCN3C)C2O5. The van der Waals surface area contributed by atoms with E-state index in [1.807, 2.05) is 43.3 Å². The van der Waals surface area contributed by atoms with Crippen molar-refractivity contribution in [1.82, 2.24) is 15.2 Å². The molecule has 4 atom stereocenters. The van der Waals surface area contributed by atoms with Gasteiger partial charge in [0.25, 0.3) is 5.91 Å². The predicted molar refractivity (Wildman–Crippen MR) is 130 cm³/mol. The summed E-state index contributed by atoms with van der Waals surface area (Å²) in [6.45, 7) is 3.22. The van der Waals surface area contributed by atoms with Gasteiger partial charge in [0.2, 0.25) is 0 Å². The van der Waals surface area contributed by atoms with Gasteiger partial charge in [-0.1, -0.05) is 36.4 Å². The Kier molecular flexibility index (Phi) is 4.14. The molecule has 3 heterocycles. The van der Waals surface area contributed by atoms with Gasteiger partial charge in [0.15, 0.2) is 17.6 Å². The monoisotopic (exact) mass is 471 g/mol. The number of phenolic OH excluding ortho intramolecular Hbond substituents is 1. The van der Waals surface area contributed by atoms with E-state index in [4.69, 9.17) is 4.74 Å². The van der Waals surface area contributed by atoms with Crippen LogP contribution in [-0.4, -0.2) is 51.2 Å². The number of carbonyl (C=O) groups excluding carboxylic acids is 1. The van der Waals surface area contributed by atoms with Gasteiger partial charge in [0.05, 0.1) is 16.7 Å². The number of aromatic amines is 1. The zero-order chi connectivity index (χ0) is 24.1. The number of fused-ring (bicyclic) bond motifs is 2. The Morgan fingerprint density at radius 3 is 2.86 bits per heavy atom. The number of hydrogen-bond acceptors (Lipinski definition) is 5. The molecule has 2 aliphatic heterocycles. The van der Waals surface area contributed by atoms with Crippen LogP contribution in [0.3, 0.4) is 0 Å². The fourth-order valence-corrected chi connectivity index (χ4v) is 7.41. The summed E-state index contributed by atoms with van der Waals surface area (Å²) in [4.78, 5) is 18.9. The molecule has 4 aliphatic rings. The molecular formula is C28H29N3O4. The average molecular weight is 472 g/mol. The zero-order valence-corrected chi connectivity index (χ0v) is 19.9. The van der Waals surface area contributed by atoms with Crippen LogP contribution in [-0.2, 0) is 24.8 Å². The number of aromatic hydroxyl groups is 1. The standard InChI is InChI=1S/C28H29N3O4/c1-15-18-13-28(34)20-12-17-8-9-19(32)24-21(17)27(28,10-11-31(20)2)25(35-24)23(18)30-22(15)26(33)29-14-16-6-4-3-5-7-16/h3-9,20,25,30,32,34H,10-14H2,1-2H3,(H,29,33). The van der Waals surface area contributed by atoms with Gasteiger partial charge in [0.1, 0.15) is 5.69 Å². The van der Waals surface area contributed by atoms with Gasteiger partial charge in [-0.15, -0.1) is 0 Å². The van der Waals surface area contributed by atoms with Crippen LogP contribution < -0.4 is 10.1 Å². The Morgan fingerprint density at radius 1 is 1.26 bits per heavy atom. The molecule has 0 radical (unpaired) electrons. The van der Waals surface area contributed by atoms with Gasteiger partial charge in [-0.25, -0.2) is 0 Å². The first-order valence-electron chi connectivity index (χ1n) is 12.3. The Hall–Kier alpha value is -3.29. The maximum Gasteiger partial charge on any atom is 0.268 e. The second-order valence-electron chi connectivity index (χ2n) is 10.7. The maximum atomic E-state index is 13.2. The summed E-state index contributed by atoms with van der Waals surface area (Å²) in [7, 11) is 2.08. The number of carbonyl (C=O) groups is 1. The van der Waals surface area contributed by atoms with Gasteiger partial charge in [-0.2, -0.15) is 0 Å². The molecule has 1 amide bonds. The van der Waals surface area contributed by atoms with E-state index in [2.05, 4.69) is 22.2 Å². The van der Waals surface area contributed by atoms with E-state index in [-0.39, 0.29) is 17.7 Å². The number of piperidine rings is 1. The smallest absolute Gasteiger partial charge is 0.268 e. The van der Waals surface area contributed by atoms with Crippen molar-refractivity contribution in [3.8, 4) is 11.5 Å². The van der Waals surface area contributed by atoms with Gasteiger partial charge < -0.3 is 30.2 Å². The molecule has 1 spiro atoms. The summed E-state index contributed by atoms with van der Waals surface area (Å²) in [5.74, 6) is 0.425. The van der Waals surface area contributed by atoms with E-state index in [1.165, 1.54) is 0 Å². The summed E-state index contributed by atoms with van der Waals surface area (Å²) < 4.78 is 6.52. The molecule has 1 fully saturated rings. The second-order valence-corrected chi connectivity index (χ2v) is 10.7. The van der Waals surface area contributed by atoms with Crippen LogP contribution in [0.15, 0.2) is 42.5 Å². The van der Waals surface area contributed by atoms with E-state index in [0.29, 0.717) is 30.8 Å². The number of phenols is 1. The molecule has 35 heavy (non-hydrogen) atoms. The lowest BCUT2D eigenvalue weighted by Gasteiger charge is -2.62. The number of aromatic nitrogens is 1. The number of aliphatic hydroxyl groups is 1. The molecule has 7 nitrogen and oxygen atoms in total. The van der Waals surface area contributed by atoms with Crippen molar-refractivity contribution < 1.29 is 19.7 Å². The highest BCUT2D eigenvalue weighted by Crippen LogP contribution is 2.68. The summed E-state index contributed by atoms with van der Waals surface area (Å²) in [6, 6.07) is 13.4. The van der Waals surface area contributed by atoms with Crippen LogP contribution in [0.4, 0.5) is 0 Å². The molecule has 180 valence electrons. The molecule has 0 saturated carbocycles. The summed E-state index contributed by atoms with van der Waals surface area (Å²) >= 11 is 0. The number of likely N-dealkylation sites (N-methyl/N-ethyl adjacent to an activating group) is 1. The van der Waals surface area contributed by atoms with Crippen molar-refractivity contribution in [3.05, 3.63) is 81.7 Å². The molecule has 2 aliphatic carbocycles. The highest BCUT2D eigenvalue weighted by atomic mass is 16.5. The fourth-order valence-electron chi connectivity index (χ4n) is 7.41. The Labute approximate surface area is 203 Å². The summed E-state index contributed by atoms with van der Waals surface area (Å²) in [5.41, 5.74) is 4.57. The third kappa shape index (κ3) is 2.50. The lowest BCUT2D eigenvalue weighted by Crippen LogP contribution is -2.73. The third-order valence-electron chi connectivity index (χ3n) is 9.12. The normalized spacial score (nSPS) is 29.8. The van der Waals surface area contributed by atoms with E-state index >= 15 is 0 Å². The van der Waals surface area contributed by atoms with Crippen molar-refractivity contribution >= 4 is 5.91 Å². The highest BCUT2D eigenvalue weighted by Gasteiger charge is 2.72. The van der Waals surface area contributed by atoms with Gasteiger partial charge >= 0.3 is 0 Å². The van der Waals surface area contributed by atoms with Crippen LogP contribution >= 0.6 is 0 Å². The highest BCUT2D eigenvalue weighted by molar-refractivity contribution is 5.94. The molecule has 1 saturated heterocycles. The molecule has 2 aromatic carbocycles. The number of nitrogens with one attached hydrogen (secondary N) is 2. The molecular weight excluding hydrogens is 442 g/mol. The number of nitrogens with zero attached hydrogens (tertiary/aromatic N) is 1. The number of ether oxygens (including phenoxy) is 1. The van der Waals surface area contributed by atoms with Crippen molar-refractivity contribution in [1.29, 1.82) is 0 Å². The maximum absolute atomic E-state index is 13.2. The van der Waals surface area contributed by atoms with Crippen LogP contribution in [0.25, 0.3) is 0 Å². The van der Waals surface area contributed by atoms with Crippen molar-refractivity contribution in [2.24, 2.45) is 0 Å². The number of hydrogen-bond donors (Lipinski definition) is 4. The Bertz CT molecular complexity index is 1380. The molecule has 2 bridgehead atoms. The second kappa shape index (κ2) is 6.89. The van der Waals surface area contributed by atoms with Gasteiger partial charge in [-0.05, 0) is 61.7 Å². The molecule has 3 aromatic rings. The minimum Gasteiger partial charge on any atom is -0.504 e. The average Bonchev–Trinajstić information content (AvgIpc) is 3.37. The van der Waals surface area contributed by atoms with Gasteiger partial charge in [0, 0.05) is 24.6 Å². The topological polar surface area (TPSA) is 97.8 Å². The Balaban J connectivity index is 1.35. The lowest BCUT2D eigenvalue weighted by molar-refractivity contribution is -0.167.